The van der Waals surface area contributed by atoms with Gasteiger partial charge in [0, 0.05) is 11.6 Å². The maximum Gasteiger partial charge on any atom is 0.236 e. The molecule has 1 amide bonds. The molecule has 5 heteroatoms. The average molecular weight is 271 g/mol. The van der Waals surface area contributed by atoms with E-state index in [2.05, 4.69) is 6.07 Å². The highest BCUT2D eigenvalue weighted by molar-refractivity contribution is 5.82. The van der Waals surface area contributed by atoms with Crippen molar-refractivity contribution >= 4 is 17.9 Å². The second-order valence-corrected chi connectivity index (χ2v) is 5.04. The summed E-state index contributed by atoms with van der Waals surface area (Å²) >= 11 is 0. The van der Waals surface area contributed by atoms with E-state index in [0.29, 0.717) is 23.1 Å². The molecule has 0 radical (unpaired) electrons. The number of carbonyl (C=O) groups excluding carboxylic acids is 2. The van der Waals surface area contributed by atoms with Gasteiger partial charge in [-0.15, -0.1) is 0 Å². The molecule has 0 spiro atoms. The predicted molar refractivity (Wildman–Crippen MR) is 75.3 cm³/mol. The standard InChI is InChI=1S/C15H17N3O2/c16-8-12-7-11(10-19)5-6-14(12)18(9-15(17)20)13-3-1-2-4-13/h5-7,10,13H,1-4,9H2,(H2,17,20). The van der Waals surface area contributed by atoms with Crippen LogP contribution in [0.1, 0.15) is 41.6 Å². The summed E-state index contributed by atoms with van der Waals surface area (Å²) in [6.45, 7) is 0.0970. The number of amides is 1. The molecule has 2 N–H and O–H groups in total. The van der Waals surface area contributed by atoms with Crippen LogP contribution in [0.3, 0.4) is 0 Å². The minimum atomic E-state index is -0.416. The smallest absolute Gasteiger partial charge is 0.236 e. The summed E-state index contributed by atoms with van der Waals surface area (Å²) in [5.74, 6) is -0.416. The van der Waals surface area contributed by atoms with E-state index in [0.717, 1.165) is 25.7 Å². The number of nitriles is 1. The van der Waals surface area contributed by atoms with Gasteiger partial charge in [0.05, 0.1) is 17.8 Å². The van der Waals surface area contributed by atoms with Crippen LogP contribution >= 0.6 is 0 Å². The van der Waals surface area contributed by atoms with E-state index in [1.165, 1.54) is 0 Å². The predicted octanol–water partition coefficient (Wildman–Crippen LogP) is 1.61. The zero-order valence-corrected chi connectivity index (χ0v) is 11.2. The Labute approximate surface area is 118 Å². The van der Waals surface area contributed by atoms with Crippen molar-refractivity contribution < 1.29 is 9.59 Å². The summed E-state index contributed by atoms with van der Waals surface area (Å²) in [5.41, 5.74) is 6.87. The molecular formula is C15H17N3O2. The lowest BCUT2D eigenvalue weighted by Gasteiger charge is -2.30. The van der Waals surface area contributed by atoms with Gasteiger partial charge in [0.15, 0.2) is 0 Å². The third kappa shape index (κ3) is 2.97. The molecule has 1 aromatic rings. The van der Waals surface area contributed by atoms with Crippen LogP contribution in [0.5, 0.6) is 0 Å². The van der Waals surface area contributed by atoms with E-state index in [-0.39, 0.29) is 12.6 Å². The normalized spacial score (nSPS) is 14.8. The van der Waals surface area contributed by atoms with Crippen LogP contribution in [0.15, 0.2) is 18.2 Å². The zero-order chi connectivity index (χ0) is 14.5. The third-order valence-electron chi connectivity index (χ3n) is 3.68. The first kappa shape index (κ1) is 14.1. The van der Waals surface area contributed by atoms with Crippen molar-refractivity contribution in [2.45, 2.75) is 31.7 Å². The number of hydrogen-bond acceptors (Lipinski definition) is 4. The summed E-state index contributed by atoms with van der Waals surface area (Å²) in [6, 6.07) is 7.26. The number of carbonyl (C=O) groups is 2. The topological polar surface area (TPSA) is 87.2 Å². The Kier molecular flexibility index (Phi) is 4.36. The number of nitrogens with zero attached hydrogens (tertiary/aromatic N) is 2. The van der Waals surface area contributed by atoms with Crippen molar-refractivity contribution in [1.82, 2.24) is 0 Å². The highest BCUT2D eigenvalue weighted by atomic mass is 16.1. The number of primary amides is 1. The van der Waals surface area contributed by atoms with Crippen molar-refractivity contribution in [3.63, 3.8) is 0 Å². The third-order valence-corrected chi connectivity index (χ3v) is 3.68. The lowest BCUT2D eigenvalue weighted by Crippen LogP contribution is -2.40. The zero-order valence-electron chi connectivity index (χ0n) is 11.2. The van der Waals surface area contributed by atoms with E-state index in [4.69, 9.17) is 5.73 Å². The molecule has 1 fully saturated rings. The fourth-order valence-electron chi connectivity index (χ4n) is 2.76. The van der Waals surface area contributed by atoms with Crippen LogP contribution in [-0.4, -0.2) is 24.8 Å². The summed E-state index contributed by atoms with van der Waals surface area (Å²) in [4.78, 5) is 24.0. The largest absolute Gasteiger partial charge is 0.368 e. The molecular weight excluding hydrogens is 254 g/mol. The Balaban J connectivity index is 2.39. The molecule has 0 aliphatic heterocycles. The summed E-state index contributed by atoms with van der Waals surface area (Å²) in [7, 11) is 0. The molecule has 1 aliphatic rings. The quantitative estimate of drug-likeness (QED) is 0.824. The maximum absolute atomic E-state index is 11.3. The van der Waals surface area contributed by atoms with Crippen molar-refractivity contribution in [1.29, 1.82) is 5.26 Å². The van der Waals surface area contributed by atoms with Gasteiger partial charge >= 0.3 is 0 Å². The SMILES string of the molecule is N#Cc1cc(C=O)ccc1N(CC(N)=O)C1CCCC1. The Morgan fingerprint density at radius 3 is 2.70 bits per heavy atom. The van der Waals surface area contributed by atoms with E-state index >= 15 is 0 Å². The highest BCUT2D eigenvalue weighted by Gasteiger charge is 2.25. The molecule has 0 aromatic heterocycles. The van der Waals surface area contributed by atoms with Crippen molar-refractivity contribution in [3.8, 4) is 6.07 Å². The summed E-state index contributed by atoms with van der Waals surface area (Å²) in [5, 5.41) is 9.26. The first-order valence-corrected chi connectivity index (χ1v) is 6.70. The highest BCUT2D eigenvalue weighted by Crippen LogP contribution is 2.30. The van der Waals surface area contributed by atoms with Gasteiger partial charge in [0.2, 0.25) is 5.91 Å². The van der Waals surface area contributed by atoms with Gasteiger partial charge < -0.3 is 10.6 Å². The van der Waals surface area contributed by atoms with Crippen LogP contribution in [0.4, 0.5) is 5.69 Å². The maximum atomic E-state index is 11.3. The van der Waals surface area contributed by atoms with Gasteiger partial charge in [-0.25, -0.2) is 0 Å². The van der Waals surface area contributed by atoms with Crippen LogP contribution in [0, 0.1) is 11.3 Å². The van der Waals surface area contributed by atoms with Crippen LogP contribution < -0.4 is 10.6 Å². The number of rotatable bonds is 5. The van der Waals surface area contributed by atoms with Crippen molar-refractivity contribution in [2.24, 2.45) is 5.73 Å². The number of aldehydes is 1. The van der Waals surface area contributed by atoms with Gasteiger partial charge in [0.25, 0.3) is 0 Å². The molecule has 2 rings (SSSR count). The summed E-state index contributed by atoms with van der Waals surface area (Å²) < 4.78 is 0. The summed E-state index contributed by atoms with van der Waals surface area (Å²) in [6.07, 6.45) is 4.93. The Bertz CT molecular complexity index is 557. The molecule has 1 saturated carbocycles. The molecule has 5 nitrogen and oxygen atoms in total. The van der Waals surface area contributed by atoms with Gasteiger partial charge in [0.1, 0.15) is 12.4 Å². The molecule has 0 heterocycles. The first-order valence-electron chi connectivity index (χ1n) is 6.70. The fourth-order valence-corrected chi connectivity index (χ4v) is 2.76. The van der Waals surface area contributed by atoms with Crippen molar-refractivity contribution in [2.75, 3.05) is 11.4 Å². The van der Waals surface area contributed by atoms with Crippen LogP contribution in [0.25, 0.3) is 0 Å². The molecule has 1 aromatic carbocycles. The van der Waals surface area contributed by atoms with E-state index in [1.807, 2.05) is 4.90 Å². The van der Waals surface area contributed by atoms with Gasteiger partial charge in [-0.05, 0) is 31.0 Å². The molecule has 1 aliphatic carbocycles. The molecule has 0 unspecified atom stereocenters. The van der Waals surface area contributed by atoms with Gasteiger partial charge in [-0.2, -0.15) is 5.26 Å². The Morgan fingerprint density at radius 2 is 2.15 bits per heavy atom. The van der Waals surface area contributed by atoms with Crippen LogP contribution in [0.2, 0.25) is 0 Å². The first-order chi connectivity index (χ1) is 9.65. The van der Waals surface area contributed by atoms with Gasteiger partial charge in [-0.3, -0.25) is 9.59 Å². The molecule has 20 heavy (non-hydrogen) atoms. The van der Waals surface area contributed by atoms with Crippen LogP contribution in [-0.2, 0) is 4.79 Å². The average Bonchev–Trinajstić information content (AvgIpc) is 2.98. The number of benzene rings is 1. The van der Waals surface area contributed by atoms with Gasteiger partial charge in [-0.1, -0.05) is 12.8 Å². The number of anilines is 1. The minimum absolute atomic E-state index is 0.0970. The number of nitrogens with two attached hydrogens (primary N) is 1. The molecule has 0 saturated heterocycles. The molecule has 104 valence electrons. The molecule has 0 bridgehead atoms. The van der Waals surface area contributed by atoms with E-state index in [9.17, 15) is 14.9 Å². The molecule has 0 atom stereocenters. The second kappa shape index (κ2) is 6.20. The Morgan fingerprint density at radius 1 is 1.45 bits per heavy atom. The van der Waals surface area contributed by atoms with Crippen molar-refractivity contribution in [3.05, 3.63) is 29.3 Å². The monoisotopic (exact) mass is 271 g/mol. The fraction of sp³-hybridized carbons (Fsp3) is 0.400. The van der Waals surface area contributed by atoms with E-state index < -0.39 is 5.91 Å². The Hall–Kier alpha value is -2.35. The second-order valence-electron chi connectivity index (χ2n) is 5.04. The lowest BCUT2D eigenvalue weighted by atomic mass is 10.1. The number of hydrogen-bond donors (Lipinski definition) is 1. The van der Waals surface area contributed by atoms with E-state index in [1.54, 1.807) is 18.2 Å². The lowest BCUT2D eigenvalue weighted by molar-refractivity contribution is -0.116. The minimum Gasteiger partial charge on any atom is -0.368 e.